The second-order valence-corrected chi connectivity index (χ2v) is 5.95. The molecule has 2 aromatic carbocycles. The number of ether oxygens (including phenoxy) is 2. The number of nitrogens with zero attached hydrogens (tertiary/aromatic N) is 1. The number of aryl methyl sites for hydroxylation is 1. The minimum atomic E-state index is -0.206. The first-order chi connectivity index (χ1) is 12.5. The van der Waals surface area contributed by atoms with E-state index < -0.39 is 0 Å². The molecule has 3 rings (SSSR count). The second kappa shape index (κ2) is 7.31. The summed E-state index contributed by atoms with van der Waals surface area (Å²) < 4.78 is 12.2. The fraction of sp³-hybridized carbons (Fsp3) is 0.200. The predicted octanol–water partition coefficient (Wildman–Crippen LogP) is 2.97. The lowest BCUT2D eigenvalue weighted by atomic mass is 10.1. The lowest BCUT2D eigenvalue weighted by Crippen LogP contribution is -2.20. The Kier molecular flexibility index (Phi) is 4.93. The monoisotopic (exact) mass is 352 g/mol. The van der Waals surface area contributed by atoms with Gasteiger partial charge in [0.05, 0.1) is 19.7 Å². The van der Waals surface area contributed by atoms with Gasteiger partial charge < -0.3 is 19.4 Å². The van der Waals surface area contributed by atoms with E-state index in [1.807, 2.05) is 25.1 Å². The Balaban J connectivity index is 1.84. The summed E-state index contributed by atoms with van der Waals surface area (Å²) in [7, 11) is 3.09. The van der Waals surface area contributed by atoms with Crippen molar-refractivity contribution in [2.45, 2.75) is 13.5 Å². The van der Waals surface area contributed by atoms with Crippen molar-refractivity contribution in [2.75, 3.05) is 19.5 Å². The van der Waals surface area contributed by atoms with Crippen LogP contribution in [-0.4, -0.2) is 24.7 Å². The number of anilines is 1. The van der Waals surface area contributed by atoms with Gasteiger partial charge in [0, 0.05) is 29.4 Å². The summed E-state index contributed by atoms with van der Waals surface area (Å²) in [6.45, 7) is 2.02. The van der Waals surface area contributed by atoms with Crippen LogP contribution in [0.2, 0.25) is 0 Å². The van der Waals surface area contributed by atoms with Crippen LogP contribution >= 0.6 is 0 Å². The molecule has 0 saturated carbocycles. The Morgan fingerprint density at radius 3 is 2.54 bits per heavy atom. The van der Waals surface area contributed by atoms with Crippen LogP contribution in [0.4, 0.5) is 5.69 Å². The average Bonchev–Trinajstić information content (AvgIpc) is 2.64. The number of aromatic nitrogens is 1. The number of rotatable bonds is 5. The maximum Gasteiger partial charge on any atom is 0.244 e. The normalized spacial score (nSPS) is 10.6. The number of nitrogens with one attached hydrogen (secondary N) is 1. The van der Waals surface area contributed by atoms with Gasteiger partial charge in [-0.1, -0.05) is 11.6 Å². The van der Waals surface area contributed by atoms with Gasteiger partial charge in [-0.25, -0.2) is 0 Å². The lowest BCUT2D eigenvalue weighted by Gasteiger charge is -2.13. The van der Waals surface area contributed by atoms with E-state index in [1.165, 1.54) is 13.2 Å². The molecule has 1 amide bonds. The molecular formula is C20H20N2O4. The van der Waals surface area contributed by atoms with Crippen molar-refractivity contribution in [1.29, 1.82) is 0 Å². The highest BCUT2D eigenvalue weighted by Gasteiger charge is 2.10. The first-order valence-electron chi connectivity index (χ1n) is 8.13. The molecule has 6 nitrogen and oxygen atoms in total. The molecule has 0 aliphatic carbocycles. The third-order valence-corrected chi connectivity index (χ3v) is 4.11. The number of amides is 1. The van der Waals surface area contributed by atoms with Gasteiger partial charge in [0.15, 0.2) is 16.9 Å². The standard InChI is InChI=1S/C20H20N2O4/c1-13-4-6-16-15(10-13)17(23)8-9-22(16)12-20(24)21-14-5-7-18(25-2)19(11-14)26-3/h4-11H,12H2,1-3H3,(H,21,24). The van der Waals surface area contributed by atoms with Crippen molar-refractivity contribution >= 4 is 22.5 Å². The SMILES string of the molecule is COc1ccc(NC(=O)Cn2ccc(=O)c3cc(C)ccc32)cc1OC. The third kappa shape index (κ3) is 3.54. The van der Waals surface area contributed by atoms with E-state index in [9.17, 15) is 9.59 Å². The molecule has 0 atom stereocenters. The smallest absolute Gasteiger partial charge is 0.244 e. The first-order valence-corrected chi connectivity index (χ1v) is 8.13. The summed E-state index contributed by atoms with van der Waals surface area (Å²) in [5, 5.41) is 3.44. The van der Waals surface area contributed by atoms with E-state index in [0.717, 1.165) is 11.1 Å². The van der Waals surface area contributed by atoms with Crippen molar-refractivity contribution in [3.63, 3.8) is 0 Å². The predicted molar refractivity (Wildman–Crippen MR) is 101 cm³/mol. The summed E-state index contributed by atoms with van der Waals surface area (Å²) >= 11 is 0. The van der Waals surface area contributed by atoms with Gasteiger partial charge >= 0.3 is 0 Å². The molecule has 0 saturated heterocycles. The fourth-order valence-corrected chi connectivity index (χ4v) is 2.83. The number of hydrogen-bond donors (Lipinski definition) is 1. The van der Waals surface area contributed by atoms with Gasteiger partial charge in [0.2, 0.25) is 5.91 Å². The Bertz CT molecular complexity index is 1020. The molecule has 0 aliphatic heterocycles. The number of hydrogen-bond acceptors (Lipinski definition) is 4. The van der Waals surface area contributed by atoms with Crippen molar-refractivity contribution in [3.05, 3.63) is 64.4 Å². The van der Waals surface area contributed by atoms with Crippen molar-refractivity contribution in [3.8, 4) is 11.5 Å². The van der Waals surface area contributed by atoms with Gasteiger partial charge in [-0.05, 0) is 31.2 Å². The van der Waals surface area contributed by atoms with Gasteiger partial charge in [0.25, 0.3) is 0 Å². The summed E-state index contributed by atoms with van der Waals surface area (Å²) in [5.74, 6) is 0.921. The van der Waals surface area contributed by atoms with E-state index in [0.29, 0.717) is 22.6 Å². The van der Waals surface area contributed by atoms with Crippen LogP contribution in [0.15, 0.2) is 53.5 Å². The van der Waals surface area contributed by atoms with Crippen LogP contribution in [0, 0.1) is 6.92 Å². The molecule has 0 aliphatic rings. The van der Waals surface area contributed by atoms with Gasteiger partial charge in [0.1, 0.15) is 6.54 Å². The Morgan fingerprint density at radius 2 is 1.81 bits per heavy atom. The fourth-order valence-electron chi connectivity index (χ4n) is 2.83. The largest absolute Gasteiger partial charge is 0.493 e. The molecule has 3 aromatic rings. The number of fused-ring (bicyclic) bond motifs is 1. The quantitative estimate of drug-likeness (QED) is 0.766. The van der Waals surface area contributed by atoms with E-state index in [-0.39, 0.29) is 17.9 Å². The molecule has 0 unspecified atom stereocenters. The lowest BCUT2D eigenvalue weighted by molar-refractivity contribution is -0.116. The van der Waals surface area contributed by atoms with Gasteiger partial charge in [-0.15, -0.1) is 0 Å². The van der Waals surface area contributed by atoms with Crippen LogP contribution in [-0.2, 0) is 11.3 Å². The molecule has 6 heteroatoms. The first kappa shape index (κ1) is 17.5. The zero-order valence-corrected chi connectivity index (χ0v) is 14.9. The Hall–Kier alpha value is -3.28. The van der Waals surface area contributed by atoms with Gasteiger partial charge in [-0.3, -0.25) is 9.59 Å². The summed E-state index contributed by atoms with van der Waals surface area (Å²) in [6, 6.07) is 12.3. The number of carbonyl (C=O) groups excluding carboxylic acids is 1. The van der Waals surface area contributed by atoms with Crippen LogP contribution in [0.3, 0.4) is 0 Å². The Labute approximate surface area is 151 Å². The molecule has 0 radical (unpaired) electrons. The molecule has 0 fully saturated rings. The molecule has 26 heavy (non-hydrogen) atoms. The van der Waals surface area contributed by atoms with Crippen LogP contribution in [0.5, 0.6) is 11.5 Å². The van der Waals surface area contributed by atoms with E-state index >= 15 is 0 Å². The highest BCUT2D eigenvalue weighted by Crippen LogP contribution is 2.29. The summed E-state index contributed by atoms with van der Waals surface area (Å²) in [4.78, 5) is 24.5. The molecule has 0 spiro atoms. The van der Waals surface area contributed by atoms with Crippen LogP contribution in [0.1, 0.15) is 5.56 Å². The molecule has 0 bridgehead atoms. The van der Waals surface area contributed by atoms with Crippen LogP contribution < -0.4 is 20.2 Å². The van der Waals surface area contributed by atoms with Gasteiger partial charge in [-0.2, -0.15) is 0 Å². The molecule has 1 heterocycles. The Morgan fingerprint density at radius 1 is 1.04 bits per heavy atom. The van der Waals surface area contributed by atoms with E-state index in [4.69, 9.17) is 9.47 Å². The van der Waals surface area contributed by atoms with Crippen molar-refractivity contribution in [2.24, 2.45) is 0 Å². The summed E-state index contributed by atoms with van der Waals surface area (Å²) in [5.41, 5.74) is 2.28. The minimum absolute atomic E-state index is 0.0553. The van der Waals surface area contributed by atoms with E-state index in [1.54, 1.807) is 36.1 Å². The minimum Gasteiger partial charge on any atom is -0.493 e. The highest BCUT2D eigenvalue weighted by molar-refractivity contribution is 5.92. The highest BCUT2D eigenvalue weighted by atomic mass is 16.5. The zero-order chi connectivity index (χ0) is 18.7. The number of carbonyl (C=O) groups is 1. The number of benzene rings is 2. The third-order valence-electron chi connectivity index (χ3n) is 4.11. The summed E-state index contributed by atoms with van der Waals surface area (Å²) in [6.07, 6.45) is 1.63. The number of methoxy groups -OCH3 is 2. The zero-order valence-electron chi connectivity index (χ0n) is 14.9. The van der Waals surface area contributed by atoms with E-state index in [2.05, 4.69) is 5.32 Å². The molecular weight excluding hydrogens is 332 g/mol. The topological polar surface area (TPSA) is 69.6 Å². The van der Waals surface area contributed by atoms with Crippen LogP contribution in [0.25, 0.3) is 10.9 Å². The maximum atomic E-state index is 12.4. The maximum absolute atomic E-state index is 12.4. The van der Waals surface area contributed by atoms with Crippen molar-refractivity contribution < 1.29 is 14.3 Å². The average molecular weight is 352 g/mol. The molecule has 134 valence electrons. The molecule has 1 aromatic heterocycles. The molecule has 1 N–H and O–H groups in total. The second-order valence-electron chi connectivity index (χ2n) is 5.95. The van der Waals surface area contributed by atoms with Crippen molar-refractivity contribution in [1.82, 2.24) is 4.57 Å². The number of pyridine rings is 1.